The molecule has 1 aromatic rings. The Hall–Kier alpha value is -1.36. The predicted molar refractivity (Wildman–Crippen MR) is 70.1 cm³/mol. The molecule has 1 saturated heterocycles. The number of hydrogen-bond donors (Lipinski definition) is 3. The van der Waals surface area contributed by atoms with Gasteiger partial charge in [0.15, 0.2) is 0 Å². The summed E-state index contributed by atoms with van der Waals surface area (Å²) >= 11 is 0. The Balaban J connectivity index is 1.49. The van der Waals surface area contributed by atoms with Crippen molar-refractivity contribution >= 4 is 5.91 Å². The van der Waals surface area contributed by atoms with E-state index in [1.807, 2.05) is 6.20 Å². The fourth-order valence-corrected chi connectivity index (χ4v) is 2.30. The van der Waals surface area contributed by atoms with Crippen molar-refractivity contribution in [2.45, 2.75) is 32.1 Å². The summed E-state index contributed by atoms with van der Waals surface area (Å²) in [5.74, 6) is 1.86. The van der Waals surface area contributed by atoms with Gasteiger partial charge < -0.3 is 15.6 Å². The zero-order valence-corrected chi connectivity index (χ0v) is 10.7. The molecule has 0 radical (unpaired) electrons. The highest BCUT2D eigenvalue weighted by molar-refractivity contribution is 5.75. The van der Waals surface area contributed by atoms with E-state index in [4.69, 9.17) is 0 Å². The molecule has 100 valence electrons. The summed E-state index contributed by atoms with van der Waals surface area (Å²) in [7, 11) is 0. The quantitative estimate of drug-likeness (QED) is 0.628. The van der Waals surface area contributed by atoms with Crippen LogP contribution in [0, 0.1) is 5.92 Å². The fourth-order valence-electron chi connectivity index (χ4n) is 2.30. The van der Waals surface area contributed by atoms with Crippen molar-refractivity contribution < 1.29 is 4.79 Å². The van der Waals surface area contributed by atoms with Crippen LogP contribution < -0.4 is 10.6 Å². The molecule has 1 aliphatic rings. The third-order valence-electron chi connectivity index (χ3n) is 3.41. The third kappa shape index (κ3) is 4.49. The first-order chi connectivity index (χ1) is 8.84. The maximum atomic E-state index is 11.6. The summed E-state index contributed by atoms with van der Waals surface area (Å²) in [6, 6.07) is 0. The van der Waals surface area contributed by atoms with E-state index < -0.39 is 0 Å². The monoisotopic (exact) mass is 250 g/mol. The maximum absolute atomic E-state index is 11.6. The second-order valence-electron chi connectivity index (χ2n) is 4.89. The summed E-state index contributed by atoms with van der Waals surface area (Å²) in [6.07, 6.45) is 8.28. The zero-order valence-electron chi connectivity index (χ0n) is 10.7. The van der Waals surface area contributed by atoms with Gasteiger partial charge in [0.1, 0.15) is 5.82 Å². The first kappa shape index (κ1) is 13.1. The summed E-state index contributed by atoms with van der Waals surface area (Å²) in [5.41, 5.74) is 0. The molecular formula is C13H22N4O. The number of amides is 1. The first-order valence-electron chi connectivity index (χ1n) is 6.80. The van der Waals surface area contributed by atoms with Crippen LogP contribution in [0.15, 0.2) is 12.4 Å². The number of aromatic amines is 1. The molecule has 18 heavy (non-hydrogen) atoms. The van der Waals surface area contributed by atoms with E-state index in [1.54, 1.807) is 6.20 Å². The predicted octanol–water partition coefficient (Wildman–Crippen LogP) is 0.848. The van der Waals surface area contributed by atoms with Crippen molar-refractivity contribution in [1.82, 2.24) is 20.6 Å². The Morgan fingerprint density at radius 2 is 2.50 bits per heavy atom. The highest BCUT2D eigenvalue weighted by Gasteiger charge is 2.15. The Bertz CT molecular complexity index is 344. The molecule has 0 spiro atoms. The molecule has 1 fully saturated rings. The van der Waals surface area contributed by atoms with Crippen molar-refractivity contribution in [2.75, 3.05) is 19.6 Å². The van der Waals surface area contributed by atoms with Gasteiger partial charge in [-0.1, -0.05) is 0 Å². The maximum Gasteiger partial charge on any atom is 0.220 e. The van der Waals surface area contributed by atoms with Crippen molar-refractivity contribution in [3.05, 3.63) is 18.2 Å². The lowest BCUT2D eigenvalue weighted by Crippen LogP contribution is -2.25. The van der Waals surface area contributed by atoms with Crippen molar-refractivity contribution in [2.24, 2.45) is 5.92 Å². The van der Waals surface area contributed by atoms with Gasteiger partial charge in [0.05, 0.1) is 0 Å². The van der Waals surface area contributed by atoms with Crippen LogP contribution in [-0.4, -0.2) is 35.5 Å². The molecule has 0 bridgehead atoms. The van der Waals surface area contributed by atoms with Crippen LogP contribution >= 0.6 is 0 Å². The van der Waals surface area contributed by atoms with Crippen LogP contribution in [0.3, 0.4) is 0 Å². The van der Waals surface area contributed by atoms with Gasteiger partial charge in [0.2, 0.25) is 5.91 Å². The third-order valence-corrected chi connectivity index (χ3v) is 3.41. The molecule has 3 N–H and O–H groups in total. The van der Waals surface area contributed by atoms with E-state index in [1.165, 1.54) is 6.42 Å². The number of hydrogen-bond acceptors (Lipinski definition) is 3. The van der Waals surface area contributed by atoms with Crippen molar-refractivity contribution in [3.63, 3.8) is 0 Å². The van der Waals surface area contributed by atoms with Crippen LogP contribution in [0.5, 0.6) is 0 Å². The molecule has 0 aliphatic carbocycles. The van der Waals surface area contributed by atoms with Crippen molar-refractivity contribution in [3.8, 4) is 0 Å². The van der Waals surface area contributed by atoms with Gasteiger partial charge in [-0.3, -0.25) is 4.79 Å². The van der Waals surface area contributed by atoms with E-state index in [9.17, 15) is 4.79 Å². The number of rotatable bonds is 7. The van der Waals surface area contributed by atoms with Gasteiger partial charge in [-0.25, -0.2) is 4.98 Å². The van der Waals surface area contributed by atoms with E-state index in [0.717, 1.165) is 44.7 Å². The number of nitrogens with one attached hydrogen (secondary N) is 3. The normalized spacial score (nSPS) is 19.0. The van der Waals surface area contributed by atoms with Crippen LogP contribution in [0.4, 0.5) is 0 Å². The summed E-state index contributed by atoms with van der Waals surface area (Å²) in [4.78, 5) is 18.8. The molecule has 5 heteroatoms. The molecule has 5 nitrogen and oxygen atoms in total. The summed E-state index contributed by atoms with van der Waals surface area (Å²) in [6.45, 7) is 2.92. The fraction of sp³-hybridized carbons (Fsp3) is 0.692. The SMILES string of the molecule is O=C(CCC1CCNC1)NCCCc1ncc[nH]1. The number of aryl methyl sites for hydroxylation is 1. The number of nitrogens with zero attached hydrogens (tertiary/aromatic N) is 1. The van der Waals surface area contributed by atoms with E-state index >= 15 is 0 Å². The minimum atomic E-state index is 0.182. The lowest BCUT2D eigenvalue weighted by molar-refractivity contribution is -0.121. The first-order valence-corrected chi connectivity index (χ1v) is 6.80. The Morgan fingerprint density at radius 1 is 1.56 bits per heavy atom. The molecule has 1 amide bonds. The molecule has 1 atom stereocenters. The van der Waals surface area contributed by atoms with E-state index in [-0.39, 0.29) is 5.91 Å². The molecule has 2 rings (SSSR count). The average Bonchev–Trinajstić information content (AvgIpc) is 3.04. The number of carbonyl (C=O) groups excluding carboxylic acids is 1. The molecule has 1 aliphatic heterocycles. The van der Waals surface area contributed by atoms with Crippen LogP contribution in [0.2, 0.25) is 0 Å². The minimum absolute atomic E-state index is 0.182. The van der Waals surface area contributed by atoms with Gasteiger partial charge in [-0.05, 0) is 38.3 Å². The summed E-state index contributed by atoms with van der Waals surface area (Å²) in [5, 5.41) is 6.29. The van der Waals surface area contributed by atoms with Crippen LogP contribution in [0.1, 0.15) is 31.5 Å². The number of H-pyrrole nitrogens is 1. The topological polar surface area (TPSA) is 69.8 Å². The molecule has 1 unspecified atom stereocenters. The van der Waals surface area contributed by atoms with Gasteiger partial charge in [0, 0.05) is 31.8 Å². The Morgan fingerprint density at radius 3 is 3.22 bits per heavy atom. The zero-order chi connectivity index (χ0) is 12.6. The van der Waals surface area contributed by atoms with E-state index in [0.29, 0.717) is 12.3 Å². The Labute approximate surface area is 108 Å². The number of aromatic nitrogens is 2. The van der Waals surface area contributed by atoms with Gasteiger partial charge in [-0.2, -0.15) is 0 Å². The molecular weight excluding hydrogens is 228 g/mol. The summed E-state index contributed by atoms with van der Waals surface area (Å²) < 4.78 is 0. The highest BCUT2D eigenvalue weighted by atomic mass is 16.1. The highest BCUT2D eigenvalue weighted by Crippen LogP contribution is 2.13. The van der Waals surface area contributed by atoms with Gasteiger partial charge in [0.25, 0.3) is 0 Å². The Kier molecular flexibility index (Phi) is 5.20. The van der Waals surface area contributed by atoms with Crippen molar-refractivity contribution in [1.29, 1.82) is 0 Å². The second-order valence-corrected chi connectivity index (χ2v) is 4.89. The lowest BCUT2D eigenvalue weighted by atomic mass is 10.0. The second kappa shape index (κ2) is 7.16. The number of carbonyl (C=O) groups is 1. The molecule has 0 saturated carbocycles. The molecule has 2 heterocycles. The van der Waals surface area contributed by atoms with Gasteiger partial charge >= 0.3 is 0 Å². The van der Waals surface area contributed by atoms with Crippen LogP contribution in [-0.2, 0) is 11.2 Å². The minimum Gasteiger partial charge on any atom is -0.356 e. The van der Waals surface area contributed by atoms with Gasteiger partial charge in [-0.15, -0.1) is 0 Å². The number of imidazole rings is 1. The molecule has 0 aromatic carbocycles. The largest absolute Gasteiger partial charge is 0.356 e. The standard InChI is InChI=1S/C13H22N4O/c18-13(4-3-11-5-7-14-10-11)17-6-1-2-12-15-8-9-16-12/h8-9,11,14H,1-7,10H2,(H,15,16)(H,17,18). The smallest absolute Gasteiger partial charge is 0.220 e. The molecule has 1 aromatic heterocycles. The average molecular weight is 250 g/mol. The lowest BCUT2D eigenvalue weighted by Gasteiger charge is -2.08. The van der Waals surface area contributed by atoms with Crippen LogP contribution in [0.25, 0.3) is 0 Å². The van der Waals surface area contributed by atoms with E-state index in [2.05, 4.69) is 20.6 Å².